The molecule has 2 aromatic rings. The molecule has 1 heterocycles. The monoisotopic (exact) mass is 240 g/mol. The molecule has 1 unspecified atom stereocenters. The summed E-state index contributed by atoms with van der Waals surface area (Å²) in [5.74, 6) is 0.605. The van der Waals surface area contributed by atoms with Gasteiger partial charge in [-0.25, -0.2) is 0 Å². The van der Waals surface area contributed by atoms with Crippen LogP contribution in [-0.2, 0) is 0 Å². The van der Waals surface area contributed by atoms with Crippen LogP contribution in [-0.4, -0.2) is 10.1 Å². The highest BCUT2D eigenvalue weighted by molar-refractivity contribution is 5.50. The molecule has 1 fully saturated rings. The van der Waals surface area contributed by atoms with Gasteiger partial charge in [-0.1, -0.05) is 24.3 Å². The van der Waals surface area contributed by atoms with Crippen molar-refractivity contribution in [3.63, 3.8) is 0 Å². The predicted molar refractivity (Wildman–Crippen MR) is 71.1 cm³/mol. The summed E-state index contributed by atoms with van der Waals surface area (Å²) in [6.45, 7) is 0. The number of anilines is 1. The number of hydrogen-bond donors (Lipinski definition) is 2. The number of nitrogens with zero attached hydrogens (tertiary/aromatic N) is 1. The van der Waals surface area contributed by atoms with Gasteiger partial charge in [-0.05, 0) is 36.0 Å². The van der Waals surface area contributed by atoms with E-state index in [4.69, 9.17) is 5.73 Å². The number of aliphatic hydroxyl groups excluding tert-OH is 1. The number of pyridine rings is 1. The number of aliphatic hydroxyl groups is 1. The van der Waals surface area contributed by atoms with Crippen LogP contribution < -0.4 is 5.73 Å². The van der Waals surface area contributed by atoms with Gasteiger partial charge in [-0.3, -0.25) is 4.98 Å². The van der Waals surface area contributed by atoms with E-state index < -0.39 is 6.10 Å². The number of rotatable bonds is 3. The standard InChI is InChI=1S/C15H16N2O/c16-14-7-8-17-9-13(14)15(18)12-4-2-1-3-11(12)10-5-6-10/h1-4,7-10,15,18H,5-6H2,(H2,16,17). The van der Waals surface area contributed by atoms with Gasteiger partial charge in [0.1, 0.15) is 6.10 Å². The molecule has 0 saturated heterocycles. The molecule has 0 spiro atoms. The fourth-order valence-corrected chi connectivity index (χ4v) is 2.34. The smallest absolute Gasteiger partial charge is 0.108 e. The molecule has 0 aliphatic heterocycles. The lowest BCUT2D eigenvalue weighted by molar-refractivity contribution is 0.219. The molecule has 92 valence electrons. The van der Waals surface area contributed by atoms with E-state index in [1.165, 1.54) is 18.4 Å². The predicted octanol–water partition coefficient (Wildman–Crippen LogP) is 2.62. The molecule has 1 aliphatic rings. The second-order valence-electron chi connectivity index (χ2n) is 4.81. The Bertz CT molecular complexity index is 564. The Kier molecular flexibility index (Phi) is 2.76. The Morgan fingerprint density at radius 3 is 2.67 bits per heavy atom. The summed E-state index contributed by atoms with van der Waals surface area (Å²) in [5, 5.41) is 10.5. The maximum absolute atomic E-state index is 10.5. The highest BCUT2D eigenvalue weighted by Gasteiger charge is 2.28. The lowest BCUT2D eigenvalue weighted by Crippen LogP contribution is -2.06. The van der Waals surface area contributed by atoms with Gasteiger partial charge in [0, 0.05) is 23.6 Å². The molecule has 3 N–H and O–H groups in total. The maximum atomic E-state index is 10.5. The Labute approximate surface area is 106 Å². The molecule has 0 amide bonds. The van der Waals surface area contributed by atoms with Crippen LogP contribution in [0.3, 0.4) is 0 Å². The van der Waals surface area contributed by atoms with Gasteiger partial charge in [-0.2, -0.15) is 0 Å². The van der Waals surface area contributed by atoms with Gasteiger partial charge in [0.2, 0.25) is 0 Å². The topological polar surface area (TPSA) is 59.1 Å². The van der Waals surface area contributed by atoms with Crippen LogP contribution >= 0.6 is 0 Å². The van der Waals surface area contributed by atoms with Crippen molar-refractivity contribution in [3.8, 4) is 0 Å². The van der Waals surface area contributed by atoms with Crippen LogP contribution in [0.1, 0.15) is 41.6 Å². The maximum Gasteiger partial charge on any atom is 0.108 e. The summed E-state index contributed by atoms with van der Waals surface area (Å²) in [7, 11) is 0. The number of nitrogen functional groups attached to an aromatic ring is 1. The van der Waals surface area contributed by atoms with Gasteiger partial charge in [-0.15, -0.1) is 0 Å². The largest absolute Gasteiger partial charge is 0.398 e. The second kappa shape index (κ2) is 4.42. The molecule has 0 radical (unpaired) electrons. The van der Waals surface area contributed by atoms with E-state index in [1.807, 2.05) is 18.2 Å². The van der Waals surface area contributed by atoms with Crippen molar-refractivity contribution in [1.82, 2.24) is 4.98 Å². The minimum atomic E-state index is -0.685. The van der Waals surface area contributed by atoms with E-state index >= 15 is 0 Å². The highest BCUT2D eigenvalue weighted by Crippen LogP contribution is 2.44. The molecule has 1 saturated carbocycles. The van der Waals surface area contributed by atoms with Gasteiger partial charge >= 0.3 is 0 Å². The Morgan fingerprint density at radius 1 is 1.17 bits per heavy atom. The van der Waals surface area contributed by atoms with Gasteiger partial charge in [0.05, 0.1) is 0 Å². The quantitative estimate of drug-likeness (QED) is 0.867. The van der Waals surface area contributed by atoms with Crippen molar-refractivity contribution in [2.45, 2.75) is 24.9 Å². The lowest BCUT2D eigenvalue weighted by Gasteiger charge is -2.16. The molecule has 1 aromatic heterocycles. The first-order valence-corrected chi connectivity index (χ1v) is 6.23. The third-order valence-electron chi connectivity index (χ3n) is 3.49. The second-order valence-corrected chi connectivity index (χ2v) is 4.81. The summed E-state index contributed by atoms with van der Waals surface area (Å²) in [6, 6.07) is 9.78. The summed E-state index contributed by atoms with van der Waals surface area (Å²) in [4.78, 5) is 4.04. The van der Waals surface area contributed by atoms with E-state index in [0.717, 1.165) is 5.56 Å². The number of hydrogen-bond acceptors (Lipinski definition) is 3. The van der Waals surface area contributed by atoms with E-state index in [9.17, 15) is 5.11 Å². The molecular formula is C15H16N2O. The Morgan fingerprint density at radius 2 is 1.94 bits per heavy atom. The van der Waals surface area contributed by atoms with Crippen molar-refractivity contribution in [3.05, 3.63) is 59.4 Å². The van der Waals surface area contributed by atoms with Crippen molar-refractivity contribution >= 4 is 5.69 Å². The summed E-state index contributed by atoms with van der Waals surface area (Å²) >= 11 is 0. The summed E-state index contributed by atoms with van der Waals surface area (Å²) < 4.78 is 0. The third-order valence-corrected chi connectivity index (χ3v) is 3.49. The molecule has 3 heteroatoms. The summed E-state index contributed by atoms with van der Waals surface area (Å²) in [5.41, 5.74) is 9.37. The van der Waals surface area contributed by atoms with Crippen molar-refractivity contribution < 1.29 is 5.11 Å². The molecule has 1 aliphatic carbocycles. The Hall–Kier alpha value is -1.87. The van der Waals surface area contributed by atoms with Crippen LogP contribution in [0.4, 0.5) is 5.69 Å². The average Bonchev–Trinajstić information content (AvgIpc) is 3.23. The zero-order valence-electron chi connectivity index (χ0n) is 10.1. The minimum absolute atomic E-state index is 0.586. The zero-order valence-corrected chi connectivity index (χ0v) is 10.1. The minimum Gasteiger partial charge on any atom is -0.398 e. The SMILES string of the molecule is Nc1ccncc1C(O)c1ccccc1C1CC1. The van der Waals surface area contributed by atoms with E-state index in [0.29, 0.717) is 17.2 Å². The van der Waals surface area contributed by atoms with E-state index in [1.54, 1.807) is 18.5 Å². The average molecular weight is 240 g/mol. The normalized spacial score (nSPS) is 16.5. The van der Waals surface area contributed by atoms with Crippen LogP contribution in [0.15, 0.2) is 42.7 Å². The first-order valence-electron chi connectivity index (χ1n) is 6.23. The van der Waals surface area contributed by atoms with Gasteiger partial charge in [0.15, 0.2) is 0 Å². The summed E-state index contributed by atoms with van der Waals surface area (Å²) in [6.07, 6.45) is 5.02. The first-order chi connectivity index (χ1) is 8.77. The Balaban J connectivity index is 2.02. The van der Waals surface area contributed by atoms with Gasteiger partial charge in [0.25, 0.3) is 0 Å². The molecule has 3 rings (SSSR count). The first kappa shape index (κ1) is 11.2. The fourth-order valence-electron chi connectivity index (χ4n) is 2.34. The molecular weight excluding hydrogens is 224 g/mol. The highest BCUT2D eigenvalue weighted by atomic mass is 16.3. The van der Waals surface area contributed by atoms with Crippen molar-refractivity contribution in [1.29, 1.82) is 0 Å². The van der Waals surface area contributed by atoms with Crippen molar-refractivity contribution in [2.24, 2.45) is 0 Å². The third kappa shape index (κ3) is 1.97. The van der Waals surface area contributed by atoms with Crippen molar-refractivity contribution in [2.75, 3.05) is 5.73 Å². The fraction of sp³-hybridized carbons (Fsp3) is 0.267. The van der Waals surface area contributed by atoms with Crippen LogP contribution in [0.5, 0.6) is 0 Å². The van der Waals surface area contributed by atoms with Crippen LogP contribution in [0, 0.1) is 0 Å². The lowest BCUT2D eigenvalue weighted by atomic mass is 9.94. The number of benzene rings is 1. The van der Waals surface area contributed by atoms with Crippen LogP contribution in [0.2, 0.25) is 0 Å². The molecule has 18 heavy (non-hydrogen) atoms. The molecule has 1 atom stereocenters. The molecule has 0 bridgehead atoms. The molecule has 1 aromatic carbocycles. The van der Waals surface area contributed by atoms with Crippen LogP contribution in [0.25, 0.3) is 0 Å². The molecule has 3 nitrogen and oxygen atoms in total. The number of nitrogens with two attached hydrogens (primary N) is 1. The van der Waals surface area contributed by atoms with Gasteiger partial charge < -0.3 is 10.8 Å². The van der Waals surface area contributed by atoms with E-state index in [2.05, 4.69) is 11.1 Å². The number of aromatic nitrogens is 1. The zero-order chi connectivity index (χ0) is 12.5. The van der Waals surface area contributed by atoms with E-state index in [-0.39, 0.29) is 0 Å².